The predicted molar refractivity (Wildman–Crippen MR) is 108 cm³/mol. The molecule has 0 radical (unpaired) electrons. The number of carbonyl (C=O) groups is 1. The average Bonchev–Trinajstić information content (AvgIpc) is 3.42. The SMILES string of the molecule is Cc1nn(CC(=O)N2N=C(c3cccs3)C[C@H]2c2cccs2)c(C)c1[N+](=O)[O-]. The highest BCUT2D eigenvalue weighted by molar-refractivity contribution is 7.12. The number of nitrogens with zero attached hydrogens (tertiary/aromatic N) is 5. The van der Waals surface area contributed by atoms with Crippen LogP contribution in [0.15, 0.2) is 40.1 Å². The zero-order valence-corrected chi connectivity index (χ0v) is 16.9. The third-order valence-corrected chi connectivity index (χ3v) is 6.55. The maximum atomic E-state index is 13.1. The van der Waals surface area contributed by atoms with Gasteiger partial charge in [-0.3, -0.25) is 19.6 Å². The summed E-state index contributed by atoms with van der Waals surface area (Å²) in [4.78, 5) is 25.9. The standard InChI is InChI=1S/C18H17N5O3S2/c1-11-18(23(25)26)12(2)21(19-11)10-17(24)22-14(16-6-4-8-28-16)9-13(20-22)15-5-3-7-27-15/h3-8,14H,9-10H2,1-2H3/t14-/m0/s1. The lowest BCUT2D eigenvalue weighted by Gasteiger charge is -2.20. The highest BCUT2D eigenvalue weighted by atomic mass is 32.1. The zero-order chi connectivity index (χ0) is 19.8. The van der Waals surface area contributed by atoms with Crippen molar-refractivity contribution in [2.45, 2.75) is 32.9 Å². The molecule has 0 spiro atoms. The van der Waals surface area contributed by atoms with Crippen LogP contribution in [0.4, 0.5) is 5.69 Å². The van der Waals surface area contributed by atoms with Crippen LogP contribution in [0.2, 0.25) is 0 Å². The molecule has 0 aliphatic carbocycles. The molecule has 144 valence electrons. The van der Waals surface area contributed by atoms with Crippen molar-refractivity contribution in [2.75, 3.05) is 0 Å². The van der Waals surface area contributed by atoms with Crippen LogP contribution >= 0.6 is 22.7 Å². The average molecular weight is 416 g/mol. The molecule has 0 N–H and O–H groups in total. The smallest absolute Gasteiger partial charge is 0.271 e. The van der Waals surface area contributed by atoms with Crippen LogP contribution in [0, 0.1) is 24.0 Å². The van der Waals surface area contributed by atoms with Gasteiger partial charge in [0.05, 0.1) is 21.6 Å². The van der Waals surface area contributed by atoms with E-state index in [4.69, 9.17) is 0 Å². The molecule has 1 amide bonds. The fourth-order valence-corrected chi connectivity index (χ4v) is 4.87. The van der Waals surface area contributed by atoms with Gasteiger partial charge in [-0.05, 0) is 36.7 Å². The van der Waals surface area contributed by atoms with Crippen molar-refractivity contribution in [1.82, 2.24) is 14.8 Å². The summed E-state index contributed by atoms with van der Waals surface area (Å²) in [5, 5.41) is 25.5. The highest BCUT2D eigenvalue weighted by Gasteiger charge is 2.35. The molecule has 3 aromatic heterocycles. The Bertz CT molecular complexity index is 1050. The zero-order valence-electron chi connectivity index (χ0n) is 15.2. The molecule has 0 bridgehead atoms. The van der Waals surface area contributed by atoms with Crippen molar-refractivity contribution in [3.05, 3.63) is 66.3 Å². The second-order valence-electron chi connectivity index (χ2n) is 6.43. The van der Waals surface area contributed by atoms with Crippen LogP contribution in [0.5, 0.6) is 0 Å². The van der Waals surface area contributed by atoms with E-state index in [9.17, 15) is 14.9 Å². The van der Waals surface area contributed by atoms with E-state index in [1.165, 1.54) is 9.69 Å². The van der Waals surface area contributed by atoms with E-state index in [1.807, 2.05) is 35.0 Å². The number of hydrogen-bond donors (Lipinski definition) is 0. The summed E-state index contributed by atoms with van der Waals surface area (Å²) in [5.74, 6) is -0.245. The molecule has 1 atom stereocenters. The molecule has 1 aliphatic rings. The van der Waals surface area contributed by atoms with Gasteiger partial charge in [0, 0.05) is 11.3 Å². The van der Waals surface area contributed by atoms with Crippen molar-refractivity contribution < 1.29 is 9.72 Å². The van der Waals surface area contributed by atoms with Crippen molar-refractivity contribution in [3.63, 3.8) is 0 Å². The molecule has 1 aliphatic heterocycles. The fraction of sp³-hybridized carbons (Fsp3) is 0.278. The van der Waals surface area contributed by atoms with E-state index in [-0.39, 0.29) is 24.2 Å². The van der Waals surface area contributed by atoms with Crippen LogP contribution in [0.25, 0.3) is 0 Å². The van der Waals surface area contributed by atoms with Gasteiger partial charge >= 0.3 is 5.69 Å². The first-order valence-electron chi connectivity index (χ1n) is 8.61. The fourth-order valence-electron chi connectivity index (χ4n) is 3.34. The van der Waals surface area contributed by atoms with E-state index < -0.39 is 4.92 Å². The Kier molecular flexibility index (Phi) is 4.82. The first kappa shape index (κ1) is 18.5. The summed E-state index contributed by atoms with van der Waals surface area (Å²) in [6, 6.07) is 7.74. The molecule has 0 aromatic carbocycles. The molecule has 0 fully saturated rings. The van der Waals surface area contributed by atoms with Gasteiger partial charge in [-0.1, -0.05) is 12.1 Å². The van der Waals surface area contributed by atoms with E-state index in [2.05, 4.69) is 10.2 Å². The third-order valence-electron chi connectivity index (χ3n) is 4.65. The Balaban J connectivity index is 1.64. The molecule has 0 saturated heterocycles. The van der Waals surface area contributed by atoms with Gasteiger partial charge in [-0.2, -0.15) is 10.2 Å². The molecular weight excluding hydrogens is 398 g/mol. The summed E-state index contributed by atoms with van der Waals surface area (Å²) >= 11 is 3.18. The van der Waals surface area contributed by atoms with Crippen LogP contribution in [0.1, 0.15) is 33.6 Å². The second kappa shape index (κ2) is 7.28. The topological polar surface area (TPSA) is 93.6 Å². The number of aryl methyl sites for hydroxylation is 1. The molecule has 3 aromatic rings. The Labute approximate surface area is 168 Å². The molecule has 0 unspecified atom stereocenters. The molecule has 0 saturated carbocycles. The minimum Gasteiger partial charge on any atom is -0.271 e. The molecule has 4 heterocycles. The number of amides is 1. The molecular formula is C18H17N5O3S2. The van der Waals surface area contributed by atoms with E-state index in [1.54, 1.807) is 36.5 Å². The number of hydrogen-bond acceptors (Lipinski definition) is 7. The first-order valence-corrected chi connectivity index (χ1v) is 10.4. The lowest BCUT2D eigenvalue weighted by molar-refractivity contribution is -0.386. The summed E-state index contributed by atoms with van der Waals surface area (Å²) < 4.78 is 1.39. The summed E-state index contributed by atoms with van der Waals surface area (Å²) in [6.45, 7) is 3.08. The van der Waals surface area contributed by atoms with Gasteiger partial charge in [-0.15, -0.1) is 22.7 Å². The summed E-state index contributed by atoms with van der Waals surface area (Å²) in [7, 11) is 0. The molecule has 8 nitrogen and oxygen atoms in total. The summed E-state index contributed by atoms with van der Waals surface area (Å²) in [5.41, 5.74) is 1.49. The van der Waals surface area contributed by atoms with Gasteiger partial charge < -0.3 is 0 Å². The minimum atomic E-state index is -0.462. The number of carbonyl (C=O) groups excluding carboxylic acids is 1. The highest BCUT2D eigenvalue weighted by Crippen LogP contribution is 2.36. The Morgan fingerprint density at radius 3 is 2.64 bits per heavy atom. The normalized spacial score (nSPS) is 16.4. The lowest BCUT2D eigenvalue weighted by atomic mass is 10.1. The van der Waals surface area contributed by atoms with Crippen molar-refractivity contribution in [2.24, 2.45) is 5.10 Å². The third kappa shape index (κ3) is 3.25. The Morgan fingerprint density at radius 1 is 1.29 bits per heavy atom. The largest absolute Gasteiger partial charge is 0.312 e. The van der Waals surface area contributed by atoms with Crippen molar-refractivity contribution in [1.29, 1.82) is 0 Å². The van der Waals surface area contributed by atoms with Crippen LogP contribution in [-0.2, 0) is 11.3 Å². The molecule has 28 heavy (non-hydrogen) atoms. The van der Waals surface area contributed by atoms with Crippen molar-refractivity contribution in [3.8, 4) is 0 Å². The van der Waals surface area contributed by atoms with Crippen LogP contribution in [-0.4, -0.2) is 31.3 Å². The van der Waals surface area contributed by atoms with E-state index in [0.717, 1.165) is 15.5 Å². The van der Waals surface area contributed by atoms with Crippen molar-refractivity contribution >= 4 is 40.0 Å². The number of thiophene rings is 2. The monoisotopic (exact) mass is 415 g/mol. The number of nitro groups is 1. The Hall–Kier alpha value is -2.85. The van der Waals surface area contributed by atoms with Gasteiger partial charge in [0.1, 0.15) is 17.9 Å². The maximum absolute atomic E-state index is 13.1. The van der Waals surface area contributed by atoms with Gasteiger partial charge in [0.15, 0.2) is 0 Å². The molecule has 4 rings (SSSR count). The number of rotatable bonds is 5. The van der Waals surface area contributed by atoms with Gasteiger partial charge in [0.2, 0.25) is 0 Å². The number of hydrazone groups is 1. The molecule has 10 heteroatoms. The number of aromatic nitrogens is 2. The minimum absolute atomic E-state index is 0.0493. The van der Waals surface area contributed by atoms with E-state index in [0.29, 0.717) is 17.8 Å². The first-order chi connectivity index (χ1) is 13.5. The van der Waals surface area contributed by atoms with Crippen LogP contribution < -0.4 is 0 Å². The van der Waals surface area contributed by atoms with Gasteiger partial charge in [-0.25, -0.2) is 5.01 Å². The Morgan fingerprint density at radius 2 is 2.04 bits per heavy atom. The maximum Gasteiger partial charge on any atom is 0.312 e. The van der Waals surface area contributed by atoms with Crippen LogP contribution in [0.3, 0.4) is 0 Å². The predicted octanol–water partition coefficient (Wildman–Crippen LogP) is 3.91. The summed E-state index contributed by atoms with van der Waals surface area (Å²) in [6.07, 6.45) is 0.643. The second-order valence-corrected chi connectivity index (χ2v) is 8.36. The van der Waals surface area contributed by atoms with E-state index >= 15 is 0 Å². The lowest BCUT2D eigenvalue weighted by Crippen LogP contribution is -2.30. The quantitative estimate of drug-likeness (QED) is 0.466. The van der Waals surface area contributed by atoms with Gasteiger partial charge in [0.25, 0.3) is 5.91 Å².